The van der Waals surface area contributed by atoms with Crippen LogP contribution in [-0.2, 0) is 14.8 Å². The van der Waals surface area contributed by atoms with Gasteiger partial charge >= 0.3 is 0 Å². The minimum Gasteiger partial charge on any atom is -0.325 e. The summed E-state index contributed by atoms with van der Waals surface area (Å²) >= 11 is 1.24. The van der Waals surface area contributed by atoms with E-state index in [-0.39, 0.29) is 16.6 Å². The molecule has 0 bridgehead atoms. The van der Waals surface area contributed by atoms with E-state index in [1.807, 2.05) is 74.5 Å². The van der Waals surface area contributed by atoms with Crippen LogP contribution in [0.1, 0.15) is 24.5 Å². The monoisotopic (exact) mass is 619 g/mol. The molecule has 2 aromatic heterocycles. The molecule has 0 saturated carbocycles. The standard InChI is InChI=1S/C34H29N5O3S2/c1-3-31(33(40)37-26-16-18-27(19-17-26)44(41,42)39-32-11-7-8-20-36-32)43-34-29(22-35)28(24-14-12-23(2)13-15-24)21-30(38-34)25-9-5-4-6-10-25/h4-21,31H,3H2,1-2H3,(H,36,39)(H,37,40). The number of nitrogens with one attached hydrogen (secondary N) is 2. The van der Waals surface area contributed by atoms with E-state index < -0.39 is 15.3 Å². The molecular weight excluding hydrogens is 591 g/mol. The van der Waals surface area contributed by atoms with Crippen LogP contribution in [0.25, 0.3) is 22.4 Å². The molecule has 220 valence electrons. The second-order valence-electron chi connectivity index (χ2n) is 9.93. The minimum atomic E-state index is -3.85. The zero-order valence-corrected chi connectivity index (χ0v) is 25.7. The van der Waals surface area contributed by atoms with Gasteiger partial charge in [0.05, 0.1) is 21.4 Å². The topological polar surface area (TPSA) is 125 Å². The third-order valence-electron chi connectivity index (χ3n) is 6.78. The van der Waals surface area contributed by atoms with E-state index in [1.54, 1.807) is 18.2 Å². The zero-order chi connectivity index (χ0) is 31.1. The molecule has 0 spiro atoms. The Morgan fingerprint density at radius 3 is 2.27 bits per heavy atom. The summed E-state index contributed by atoms with van der Waals surface area (Å²) in [6, 6.07) is 32.8. The predicted molar refractivity (Wildman–Crippen MR) is 175 cm³/mol. The number of anilines is 2. The Morgan fingerprint density at radius 1 is 0.932 bits per heavy atom. The van der Waals surface area contributed by atoms with Gasteiger partial charge in [-0.2, -0.15) is 5.26 Å². The lowest BCUT2D eigenvalue weighted by Gasteiger charge is -2.18. The quantitative estimate of drug-likeness (QED) is 0.157. The molecule has 5 rings (SSSR count). The molecule has 0 saturated heterocycles. The van der Waals surface area contributed by atoms with Gasteiger partial charge in [-0.1, -0.05) is 84.9 Å². The molecule has 10 heteroatoms. The number of aryl methyl sites for hydroxylation is 1. The second kappa shape index (κ2) is 13.5. The SMILES string of the molecule is CCC(Sc1nc(-c2ccccc2)cc(-c2ccc(C)cc2)c1C#N)C(=O)Nc1ccc(S(=O)(=O)Nc2ccccn2)cc1. The fourth-order valence-electron chi connectivity index (χ4n) is 4.45. The van der Waals surface area contributed by atoms with Crippen molar-refractivity contribution in [2.24, 2.45) is 0 Å². The maximum atomic E-state index is 13.4. The van der Waals surface area contributed by atoms with Crippen LogP contribution in [0.3, 0.4) is 0 Å². The van der Waals surface area contributed by atoms with Crippen molar-refractivity contribution in [3.63, 3.8) is 0 Å². The van der Waals surface area contributed by atoms with Crippen LogP contribution < -0.4 is 10.0 Å². The zero-order valence-electron chi connectivity index (χ0n) is 24.1. The van der Waals surface area contributed by atoms with Gasteiger partial charge in [0.15, 0.2) is 0 Å². The van der Waals surface area contributed by atoms with Crippen LogP contribution in [0.2, 0.25) is 0 Å². The van der Waals surface area contributed by atoms with E-state index >= 15 is 0 Å². The lowest BCUT2D eigenvalue weighted by molar-refractivity contribution is -0.115. The van der Waals surface area contributed by atoms with Crippen molar-refractivity contribution in [2.45, 2.75) is 35.4 Å². The minimum absolute atomic E-state index is 0.0341. The fourth-order valence-corrected chi connectivity index (χ4v) is 6.48. The van der Waals surface area contributed by atoms with E-state index in [1.165, 1.54) is 42.2 Å². The average molecular weight is 620 g/mol. The molecule has 3 aromatic carbocycles. The first-order chi connectivity index (χ1) is 21.3. The first-order valence-electron chi connectivity index (χ1n) is 13.9. The van der Waals surface area contributed by atoms with Gasteiger partial charge in [-0.15, -0.1) is 0 Å². The highest BCUT2D eigenvalue weighted by molar-refractivity contribution is 8.00. The highest BCUT2D eigenvalue weighted by Gasteiger charge is 2.24. The van der Waals surface area contributed by atoms with Crippen molar-refractivity contribution < 1.29 is 13.2 Å². The van der Waals surface area contributed by atoms with Crippen LogP contribution in [-0.4, -0.2) is 29.5 Å². The van der Waals surface area contributed by atoms with Gasteiger partial charge in [0.25, 0.3) is 10.0 Å². The number of sulfonamides is 1. The summed E-state index contributed by atoms with van der Waals surface area (Å²) in [6.07, 6.45) is 1.97. The Morgan fingerprint density at radius 2 is 1.64 bits per heavy atom. The van der Waals surface area contributed by atoms with Crippen LogP contribution in [0.4, 0.5) is 11.5 Å². The van der Waals surface area contributed by atoms with Gasteiger partial charge in [0.1, 0.15) is 16.9 Å². The first kappa shape index (κ1) is 30.5. The summed E-state index contributed by atoms with van der Waals surface area (Å²) in [5.74, 6) is -0.0766. The number of carbonyl (C=O) groups is 1. The lowest BCUT2D eigenvalue weighted by atomic mass is 9.98. The normalized spacial score (nSPS) is 11.8. The number of amides is 1. The van der Waals surface area contributed by atoms with E-state index in [0.29, 0.717) is 28.4 Å². The van der Waals surface area contributed by atoms with Gasteiger partial charge in [-0.05, 0) is 61.4 Å². The maximum Gasteiger partial charge on any atom is 0.263 e. The smallest absolute Gasteiger partial charge is 0.263 e. The Bertz CT molecular complexity index is 1910. The molecule has 44 heavy (non-hydrogen) atoms. The third-order valence-corrected chi connectivity index (χ3v) is 9.50. The van der Waals surface area contributed by atoms with E-state index in [0.717, 1.165) is 22.3 Å². The number of rotatable bonds is 10. The number of carbonyl (C=O) groups excluding carboxylic acids is 1. The van der Waals surface area contributed by atoms with Crippen molar-refractivity contribution in [3.05, 3.63) is 120 Å². The number of hydrogen-bond acceptors (Lipinski definition) is 7. The highest BCUT2D eigenvalue weighted by Crippen LogP contribution is 2.37. The van der Waals surface area contributed by atoms with E-state index in [4.69, 9.17) is 4.98 Å². The third kappa shape index (κ3) is 7.14. The van der Waals surface area contributed by atoms with Crippen molar-refractivity contribution in [3.8, 4) is 28.5 Å². The maximum absolute atomic E-state index is 13.4. The summed E-state index contributed by atoms with van der Waals surface area (Å²) in [5, 5.41) is 13.0. The molecule has 0 aliphatic carbocycles. The molecule has 2 N–H and O–H groups in total. The average Bonchev–Trinajstić information content (AvgIpc) is 3.04. The molecule has 1 amide bonds. The Balaban J connectivity index is 1.40. The molecule has 2 heterocycles. The number of aromatic nitrogens is 2. The summed E-state index contributed by atoms with van der Waals surface area (Å²) in [4.78, 5) is 22.3. The molecule has 1 unspecified atom stereocenters. The highest BCUT2D eigenvalue weighted by atomic mass is 32.2. The van der Waals surface area contributed by atoms with Crippen molar-refractivity contribution in [2.75, 3.05) is 10.0 Å². The molecule has 0 radical (unpaired) electrons. The van der Waals surface area contributed by atoms with E-state index in [9.17, 15) is 18.5 Å². The van der Waals surface area contributed by atoms with Crippen LogP contribution in [0.15, 0.2) is 119 Å². The molecule has 1 atom stereocenters. The van der Waals surface area contributed by atoms with Gasteiger partial charge in [0, 0.05) is 23.0 Å². The number of hydrogen-bond donors (Lipinski definition) is 2. The van der Waals surface area contributed by atoms with E-state index in [2.05, 4.69) is 21.1 Å². The summed E-state index contributed by atoms with van der Waals surface area (Å²) in [7, 11) is -3.85. The van der Waals surface area contributed by atoms with Gasteiger partial charge in [-0.25, -0.2) is 18.4 Å². The van der Waals surface area contributed by atoms with Gasteiger partial charge in [0.2, 0.25) is 5.91 Å². The van der Waals surface area contributed by atoms with Crippen LogP contribution >= 0.6 is 11.8 Å². The number of nitrogens with zero attached hydrogens (tertiary/aromatic N) is 3. The molecule has 8 nitrogen and oxygen atoms in total. The largest absolute Gasteiger partial charge is 0.325 e. The van der Waals surface area contributed by atoms with Gasteiger partial charge < -0.3 is 5.32 Å². The second-order valence-corrected chi connectivity index (χ2v) is 12.8. The summed E-state index contributed by atoms with van der Waals surface area (Å²) in [6.45, 7) is 3.90. The van der Waals surface area contributed by atoms with Crippen LogP contribution in [0.5, 0.6) is 0 Å². The van der Waals surface area contributed by atoms with Crippen molar-refractivity contribution in [1.82, 2.24) is 9.97 Å². The Kier molecular flexibility index (Phi) is 9.38. The molecule has 5 aromatic rings. The number of benzene rings is 3. The first-order valence-corrected chi connectivity index (χ1v) is 16.2. The lowest BCUT2D eigenvalue weighted by Crippen LogP contribution is -2.25. The Hall–Kier alpha value is -4.98. The number of nitriles is 1. The Labute approximate surface area is 261 Å². The number of thioether (sulfide) groups is 1. The van der Waals surface area contributed by atoms with Crippen LogP contribution in [0, 0.1) is 18.3 Å². The van der Waals surface area contributed by atoms with Gasteiger partial charge in [-0.3, -0.25) is 9.52 Å². The molecule has 0 fully saturated rings. The summed E-state index contributed by atoms with van der Waals surface area (Å²) < 4.78 is 27.9. The molecular formula is C34H29N5O3S2. The summed E-state index contributed by atoms with van der Waals surface area (Å²) in [5.41, 5.74) is 5.19. The fraction of sp³-hybridized carbons (Fsp3) is 0.118. The molecule has 0 aliphatic rings. The van der Waals surface area contributed by atoms with Crippen molar-refractivity contribution in [1.29, 1.82) is 5.26 Å². The molecule has 0 aliphatic heterocycles. The van der Waals surface area contributed by atoms with Crippen molar-refractivity contribution >= 4 is 39.2 Å². The number of pyridine rings is 2. The predicted octanol–water partition coefficient (Wildman–Crippen LogP) is 7.30.